The molecule has 0 radical (unpaired) electrons. The number of hydrogen-bond acceptors (Lipinski definition) is 4. The van der Waals surface area contributed by atoms with Crippen LogP contribution < -0.4 is 0 Å². The number of hydrogen-bond donors (Lipinski definition) is 0. The molecule has 0 fully saturated rings. The van der Waals surface area contributed by atoms with Gasteiger partial charge in [-0.05, 0) is 11.6 Å². The first-order chi connectivity index (χ1) is 8.08. The Bertz CT molecular complexity index is 568. The molecule has 2 aromatic rings. The van der Waals surface area contributed by atoms with Crippen LogP contribution in [0, 0.1) is 5.82 Å². The quantitative estimate of drug-likeness (QED) is 0.790. The smallest absolute Gasteiger partial charge is 0.293 e. The lowest BCUT2D eigenvalue weighted by Crippen LogP contribution is -1.97. The summed E-state index contributed by atoms with van der Waals surface area (Å²) in [6.07, 6.45) is 0.128. The molecule has 88 valence electrons. The maximum Gasteiger partial charge on any atom is 0.293 e. The molecule has 0 saturated carbocycles. The van der Waals surface area contributed by atoms with E-state index in [4.69, 9.17) is 16.1 Å². The monoisotopic (exact) mass is 254 g/mol. The lowest BCUT2D eigenvalue weighted by molar-refractivity contribution is 0.0972. The van der Waals surface area contributed by atoms with Crippen molar-refractivity contribution in [3.63, 3.8) is 0 Å². The van der Waals surface area contributed by atoms with Gasteiger partial charge in [-0.1, -0.05) is 28.9 Å². The summed E-state index contributed by atoms with van der Waals surface area (Å²) in [5, 5.41) is 3.63. The third-order valence-electron chi connectivity index (χ3n) is 2.15. The molecule has 0 saturated heterocycles. The van der Waals surface area contributed by atoms with Gasteiger partial charge in [-0.15, -0.1) is 0 Å². The number of halogens is 2. The topological polar surface area (TPSA) is 56.0 Å². The first-order valence-corrected chi connectivity index (χ1v) is 5.22. The number of Topliss-reactive ketones (excluding diaryl/α,β-unsaturated/α-hetero) is 1. The Kier molecular flexibility index (Phi) is 3.19. The lowest BCUT2D eigenvalue weighted by atomic mass is 10.1. The summed E-state index contributed by atoms with van der Waals surface area (Å²) in [5.41, 5.74) is 0.355. The van der Waals surface area contributed by atoms with E-state index in [0.717, 1.165) is 0 Å². The normalized spacial score (nSPS) is 10.5. The van der Waals surface area contributed by atoms with Crippen LogP contribution in [0.3, 0.4) is 0 Å². The maximum atomic E-state index is 13.6. The van der Waals surface area contributed by atoms with Gasteiger partial charge in [-0.2, -0.15) is 4.98 Å². The van der Waals surface area contributed by atoms with Gasteiger partial charge >= 0.3 is 0 Å². The molecule has 1 aromatic heterocycles. The van der Waals surface area contributed by atoms with Crippen molar-refractivity contribution in [2.24, 2.45) is 0 Å². The largest absolute Gasteiger partial charge is 0.331 e. The van der Waals surface area contributed by atoms with Crippen LogP contribution in [-0.4, -0.2) is 15.9 Å². The minimum absolute atomic E-state index is 0.0396. The van der Waals surface area contributed by atoms with Crippen LogP contribution in [-0.2, 0) is 6.42 Å². The molecule has 6 heteroatoms. The van der Waals surface area contributed by atoms with Crippen molar-refractivity contribution < 1.29 is 13.7 Å². The minimum atomic E-state index is -0.511. The molecule has 17 heavy (non-hydrogen) atoms. The fraction of sp³-hybridized carbons (Fsp3) is 0.182. The summed E-state index contributed by atoms with van der Waals surface area (Å²) in [7, 11) is 0. The summed E-state index contributed by atoms with van der Waals surface area (Å²) in [5.74, 6) is -0.669. The molecular weight excluding hydrogens is 247 g/mol. The molecule has 0 atom stereocenters. The molecular formula is C11H8ClFN2O2. The van der Waals surface area contributed by atoms with Crippen molar-refractivity contribution in [3.8, 4) is 0 Å². The molecule has 0 spiro atoms. The Morgan fingerprint density at radius 1 is 1.53 bits per heavy atom. The van der Waals surface area contributed by atoms with Gasteiger partial charge in [0, 0.05) is 13.3 Å². The van der Waals surface area contributed by atoms with Crippen LogP contribution in [0.4, 0.5) is 4.39 Å². The highest BCUT2D eigenvalue weighted by Crippen LogP contribution is 2.19. The third kappa shape index (κ3) is 2.50. The van der Waals surface area contributed by atoms with E-state index in [9.17, 15) is 9.18 Å². The third-order valence-corrected chi connectivity index (χ3v) is 2.44. The second-order valence-electron chi connectivity index (χ2n) is 3.46. The van der Waals surface area contributed by atoms with E-state index >= 15 is 0 Å². The van der Waals surface area contributed by atoms with Crippen LogP contribution in [0.5, 0.6) is 0 Å². The van der Waals surface area contributed by atoms with E-state index < -0.39 is 5.82 Å². The van der Waals surface area contributed by atoms with E-state index in [-0.39, 0.29) is 28.9 Å². The Morgan fingerprint density at radius 2 is 2.29 bits per heavy atom. The summed E-state index contributed by atoms with van der Waals surface area (Å²) in [6, 6.07) is 4.66. The van der Waals surface area contributed by atoms with Gasteiger partial charge in [0.05, 0.1) is 5.02 Å². The van der Waals surface area contributed by atoms with Crippen molar-refractivity contribution in [3.05, 3.63) is 46.3 Å². The fourth-order valence-electron chi connectivity index (χ4n) is 1.32. The molecule has 0 amide bonds. The lowest BCUT2D eigenvalue weighted by Gasteiger charge is -2.00. The molecule has 0 bridgehead atoms. The van der Waals surface area contributed by atoms with Crippen LogP contribution in [0.2, 0.25) is 5.02 Å². The molecule has 1 aromatic carbocycles. The van der Waals surface area contributed by atoms with Gasteiger partial charge in [0.1, 0.15) is 5.82 Å². The predicted octanol–water partition coefficient (Wildman–Crippen LogP) is 2.66. The molecule has 2 rings (SSSR count). The average molecular weight is 255 g/mol. The number of carbonyl (C=O) groups is 1. The zero-order valence-electron chi connectivity index (χ0n) is 8.91. The van der Waals surface area contributed by atoms with Gasteiger partial charge in [-0.3, -0.25) is 4.79 Å². The summed E-state index contributed by atoms with van der Waals surface area (Å²) in [4.78, 5) is 14.8. The fourth-order valence-corrected chi connectivity index (χ4v) is 1.52. The van der Waals surface area contributed by atoms with Crippen LogP contribution >= 0.6 is 11.6 Å². The standard InChI is InChI=1S/C11H8ClFN2O2/c1-6(16)11-14-9(15-17-11)5-7-3-2-4-8(12)10(7)13/h2-4H,5H2,1H3. The average Bonchev–Trinajstić information content (AvgIpc) is 2.73. The van der Waals surface area contributed by atoms with Gasteiger partial charge in [0.25, 0.3) is 5.89 Å². The SMILES string of the molecule is CC(=O)c1nc(Cc2cccc(Cl)c2F)no1. The molecule has 0 aliphatic rings. The van der Waals surface area contributed by atoms with Gasteiger partial charge in [-0.25, -0.2) is 4.39 Å². The Morgan fingerprint density at radius 3 is 2.94 bits per heavy atom. The second kappa shape index (κ2) is 4.63. The maximum absolute atomic E-state index is 13.6. The number of ketones is 1. The molecule has 0 aliphatic heterocycles. The number of nitrogens with zero attached hydrogens (tertiary/aromatic N) is 2. The Balaban J connectivity index is 2.25. The first-order valence-electron chi connectivity index (χ1n) is 4.84. The second-order valence-corrected chi connectivity index (χ2v) is 3.87. The van der Waals surface area contributed by atoms with Crippen molar-refractivity contribution in [1.82, 2.24) is 10.1 Å². The Labute approximate surface area is 101 Å². The first kappa shape index (κ1) is 11.7. The van der Waals surface area contributed by atoms with E-state index in [2.05, 4.69) is 10.1 Å². The number of aromatic nitrogens is 2. The summed E-state index contributed by atoms with van der Waals surface area (Å²) < 4.78 is 18.3. The minimum Gasteiger partial charge on any atom is -0.331 e. The van der Waals surface area contributed by atoms with Crippen molar-refractivity contribution in [2.45, 2.75) is 13.3 Å². The number of rotatable bonds is 3. The van der Waals surface area contributed by atoms with E-state index in [1.165, 1.54) is 13.0 Å². The van der Waals surface area contributed by atoms with E-state index in [1.807, 2.05) is 0 Å². The highest BCUT2D eigenvalue weighted by atomic mass is 35.5. The van der Waals surface area contributed by atoms with Crippen LogP contribution in [0.1, 0.15) is 29.0 Å². The molecule has 0 aliphatic carbocycles. The number of carbonyl (C=O) groups excluding carboxylic acids is 1. The van der Waals surface area contributed by atoms with Gasteiger partial charge in [0.2, 0.25) is 5.78 Å². The molecule has 0 unspecified atom stereocenters. The van der Waals surface area contributed by atoms with Crippen molar-refractivity contribution in [1.29, 1.82) is 0 Å². The van der Waals surface area contributed by atoms with Gasteiger partial charge < -0.3 is 4.52 Å². The number of benzene rings is 1. The highest BCUT2D eigenvalue weighted by Gasteiger charge is 2.13. The van der Waals surface area contributed by atoms with E-state index in [0.29, 0.717) is 5.56 Å². The van der Waals surface area contributed by atoms with Crippen molar-refractivity contribution in [2.75, 3.05) is 0 Å². The summed E-state index contributed by atoms with van der Waals surface area (Å²) >= 11 is 5.64. The van der Waals surface area contributed by atoms with E-state index in [1.54, 1.807) is 12.1 Å². The zero-order valence-corrected chi connectivity index (χ0v) is 9.66. The molecule has 0 N–H and O–H groups in total. The zero-order chi connectivity index (χ0) is 12.4. The van der Waals surface area contributed by atoms with Crippen LogP contribution in [0.25, 0.3) is 0 Å². The molecule has 1 heterocycles. The molecule has 4 nitrogen and oxygen atoms in total. The Hall–Kier alpha value is -1.75. The highest BCUT2D eigenvalue weighted by molar-refractivity contribution is 6.30. The van der Waals surface area contributed by atoms with Crippen LogP contribution in [0.15, 0.2) is 22.7 Å². The summed E-state index contributed by atoms with van der Waals surface area (Å²) in [6.45, 7) is 1.32. The van der Waals surface area contributed by atoms with Crippen molar-refractivity contribution >= 4 is 17.4 Å². The predicted molar refractivity (Wildman–Crippen MR) is 58.5 cm³/mol. The van der Waals surface area contributed by atoms with Gasteiger partial charge in [0.15, 0.2) is 5.82 Å².